The van der Waals surface area contributed by atoms with Crippen LogP contribution in [-0.2, 0) is 11.3 Å². The summed E-state index contributed by atoms with van der Waals surface area (Å²) >= 11 is 0. The highest BCUT2D eigenvalue weighted by Gasteiger charge is 2.24. The number of carboxylic acids is 1. The summed E-state index contributed by atoms with van der Waals surface area (Å²) in [5, 5.41) is 20.4. The van der Waals surface area contributed by atoms with Gasteiger partial charge in [-0.15, -0.1) is 0 Å². The zero-order valence-corrected chi connectivity index (χ0v) is 17.7. The standard InChI is InChI=1S/C22H20F2N6O3/c1-12(2)19(22(31)32)26-20-15(24)10-25-21(27-20)17-9-18(16-7-8-33-29-16)30(28-17)11-13-5-3-4-6-14(13)23/h3-10,12,19H,11H2,1-2H3,(H,31,32)(H,25,26,27). The van der Waals surface area contributed by atoms with Crippen molar-refractivity contribution in [3.05, 3.63) is 66.1 Å². The second kappa shape index (κ2) is 9.15. The number of nitrogens with zero attached hydrogens (tertiary/aromatic N) is 5. The number of hydrogen-bond acceptors (Lipinski definition) is 7. The predicted molar refractivity (Wildman–Crippen MR) is 114 cm³/mol. The summed E-state index contributed by atoms with van der Waals surface area (Å²) in [6.07, 6.45) is 2.33. The maximum atomic E-state index is 14.3. The number of nitrogens with one attached hydrogen (secondary N) is 1. The van der Waals surface area contributed by atoms with E-state index in [4.69, 9.17) is 4.52 Å². The van der Waals surface area contributed by atoms with Crippen molar-refractivity contribution in [1.29, 1.82) is 0 Å². The van der Waals surface area contributed by atoms with E-state index in [1.807, 2.05) is 0 Å². The van der Waals surface area contributed by atoms with Gasteiger partial charge < -0.3 is 14.9 Å². The van der Waals surface area contributed by atoms with Gasteiger partial charge in [-0.2, -0.15) is 5.10 Å². The van der Waals surface area contributed by atoms with E-state index >= 15 is 0 Å². The Morgan fingerprint density at radius 3 is 2.64 bits per heavy atom. The van der Waals surface area contributed by atoms with Crippen molar-refractivity contribution in [3.8, 4) is 22.9 Å². The topological polar surface area (TPSA) is 119 Å². The Labute approximate surface area is 187 Å². The molecule has 0 aliphatic rings. The van der Waals surface area contributed by atoms with E-state index in [2.05, 4.69) is 25.5 Å². The minimum absolute atomic E-state index is 0.0591. The first-order valence-corrected chi connectivity index (χ1v) is 10.1. The molecule has 3 aromatic heterocycles. The minimum atomic E-state index is -1.13. The lowest BCUT2D eigenvalue weighted by atomic mass is 10.1. The predicted octanol–water partition coefficient (Wildman–Crippen LogP) is 3.84. The number of halogens is 2. The number of benzene rings is 1. The first kappa shape index (κ1) is 22.1. The number of carbonyl (C=O) groups is 1. The van der Waals surface area contributed by atoms with Gasteiger partial charge >= 0.3 is 5.97 Å². The van der Waals surface area contributed by atoms with Gasteiger partial charge in [0.05, 0.1) is 18.4 Å². The Morgan fingerprint density at radius 2 is 1.97 bits per heavy atom. The number of carboxylic acid groups (broad SMARTS) is 1. The van der Waals surface area contributed by atoms with Gasteiger partial charge in [-0.3, -0.25) is 4.68 Å². The molecule has 2 N–H and O–H groups in total. The molecule has 0 radical (unpaired) electrons. The van der Waals surface area contributed by atoms with Gasteiger partial charge in [0.15, 0.2) is 17.5 Å². The third-order valence-electron chi connectivity index (χ3n) is 4.96. The SMILES string of the molecule is CC(C)C(Nc1nc(-c2cc(-c3ccon3)n(Cc3ccccc3F)n2)ncc1F)C(=O)O. The largest absolute Gasteiger partial charge is 0.480 e. The fourth-order valence-electron chi connectivity index (χ4n) is 3.24. The van der Waals surface area contributed by atoms with E-state index < -0.39 is 23.6 Å². The lowest BCUT2D eigenvalue weighted by molar-refractivity contribution is -0.138. The zero-order valence-electron chi connectivity index (χ0n) is 17.7. The van der Waals surface area contributed by atoms with Crippen LogP contribution in [0, 0.1) is 17.6 Å². The van der Waals surface area contributed by atoms with Crippen LogP contribution in [0.4, 0.5) is 14.6 Å². The first-order chi connectivity index (χ1) is 15.8. The molecule has 0 aliphatic carbocycles. The van der Waals surface area contributed by atoms with E-state index in [1.54, 1.807) is 44.2 Å². The molecule has 1 atom stereocenters. The molecule has 0 saturated carbocycles. The van der Waals surface area contributed by atoms with E-state index in [1.165, 1.54) is 17.0 Å². The molecule has 0 amide bonds. The van der Waals surface area contributed by atoms with Gasteiger partial charge in [0.2, 0.25) is 0 Å². The smallest absolute Gasteiger partial charge is 0.326 e. The number of aliphatic carboxylic acids is 1. The van der Waals surface area contributed by atoms with Crippen molar-refractivity contribution < 1.29 is 23.2 Å². The summed E-state index contributed by atoms with van der Waals surface area (Å²) in [6, 6.07) is 8.49. The molecule has 1 unspecified atom stereocenters. The first-order valence-electron chi connectivity index (χ1n) is 10.1. The molecule has 0 bridgehead atoms. The highest BCUT2D eigenvalue weighted by atomic mass is 19.1. The normalized spacial score (nSPS) is 12.2. The monoisotopic (exact) mass is 454 g/mol. The van der Waals surface area contributed by atoms with Crippen LogP contribution in [0.15, 0.2) is 53.4 Å². The molecular weight excluding hydrogens is 434 g/mol. The Balaban J connectivity index is 1.74. The second-order valence-electron chi connectivity index (χ2n) is 7.64. The van der Waals surface area contributed by atoms with Gasteiger partial charge in [0.1, 0.15) is 29.5 Å². The molecule has 33 heavy (non-hydrogen) atoms. The van der Waals surface area contributed by atoms with Gasteiger partial charge in [-0.1, -0.05) is 37.2 Å². The van der Waals surface area contributed by atoms with E-state index in [-0.39, 0.29) is 29.8 Å². The van der Waals surface area contributed by atoms with E-state index in [9.17, 15) is 18.7 Å². The van der Waals surface area contributed by atoms with Crippen LogP contribution in [0.2, 0.25) is 0 Å². The summed E-state index contributed by atoms with van der Waals surface area (Å²) in [5.74, 6) is -2.84. The third kappa shape index (κ3) is 4.71. The second-order valence-corrected chi connectivity index (χ2v) is 7.64. The molecule has 4 aromatic rings. The van der Waals surface area contributed by atoms with Crippen LogP contribution in [-0.4, -0.2) is 42.0 Å². The molecule has 11 heteroatoms. The van der Waals surface area contributed by atoms with Gasteiger partial charge in [-0.05, 0) is 18.1 Å². The summed E-state index contributed by atoms with van der Waals surface area (Å²) in [7, 11) is 0. The molecule has 1 aromatic carbocycles. The molecule has 170 valence electrons. The van der Waals surface area contributed by atoms with Crippen molar-refractivity contribution in [2.24, 2.45) is 5.92 Å². The quantitative estimate of drug-likeness (QED) is 0.412. The maximum absolute atomic E-state index is 14.3. The number of rotatable bonds is 8. The Hall–Kier alpha value is -4.15. The lowest BCUT2D eigenvalue weighted by Gasteiger charge is -2.18. The Morgan fingerprint density at radius 1 is 1.18 bits per heavy atom. The highest BCUT2D eigenvalue weighted by molar-refractivity contribution is 5.77. The Kier molecular flexibility index (Phi) is 6.11. The molecule has 3 heterocycles. The van der Waals surface area contributed by atoms with Crippen molar-refractivity contribution in [3.63, 3.8) is 0 Å². The fourth-order valence-corrected chi connectivity index (χ4v) is 3.24. The van der Waals surface area contributed by atoms with Crippen molar-refractivity contribution in [1.82, 2.24) is 24.9 Å². The van der Waals surface area contributed by atoms with Crippen LogP contribution in [0.1, 0.15) is 19.4 Å². The van der Waals surface area contributed by atoms with Crippen LogP contribution in [0.5, 0.6) is 0 Å². The summed E-state index contributed by atoms with van der Waals surface area (Å²) < 4.78 is 35.0. The van der Waals surface area contributed by atoms with Crippen LogP contribution >= 0.6 is 0 Å². The third-order valence-corrected chi connectivity index (χ3v) is 4.96. The summed E-state index contributed by atoms with van der Waals surface area (Å²) in [4.78, 5) is 19.7. The Bertz CT molecular complexity index is 1270. The molecule has 0 saturated heterocycles. The zero-order chi connectivity index (χ0) is 23.5. The van der Waals surface area contributed by atoms with Crippen LogP contribution in [0.25, 0.3) is 22.9 Å². The number of aromatic nitrogens is 5. The lowest BCUT2D eigenvalue weighted by Crippen LogP contribution is -2.35. The molecular formula is C22H20F2N6O3. The van der Waals surface area contributed by atoms with E-state index in [0.29, 0.717) is 17.0 Å². The van der Waals surface area contributed by atoms with Crippen LogP contribution in [0.3, 0.4) is 0 Å². The minimum Gasteiger partial charge on any atom is -0.480 e. The van der Waals surface area contributed by atoms with Crippen molar-refractivity contribution in [2.45, 2.75) is 26.4 Å². The number of hydrogen-bond donors (Lipinski definition) is 2. The fraction of sp³-hybridized carbons (Fsp3) is 0.227. The van der Waals surface area contributed by atoms with Crippen molar-refractivity contribution >= 4 is 11.8 Å². The van der Waals surface area contributed by atoms with E-state index in [0.717, 1.165) is 6.20 Å². The number of anilines is 1. The van der Waals surface area contributed by atoms with Crippen LogP contribution < -0.4 is 5.32 Å². The average molecular weight is 454 g/mol. The average Bonchev–Trinajstić information content (AvgIpc) is 3.44. The van der Waals surface area contributed by atoms with Gasteiger partial charge in [0, 0.05) is 11.6 Å². The highest BCUT2D eigenvalue weighted by Crippen LogP contribution is 2.26. The summed E-state index contributed by atoms with van der Waals surface area (Å²) in [6.45, 7) is 3.48. The molecule has 0 fully saturated rings. The molecule has 9 nitrogen and oxygen atoms in total. The van der Waals surface area contributed by atoms with Crippen molar-refractivity contribution in [2.75, 3.05) is 5.32 Å². The van der Waals surface area contributed by atoms with Gasteiger partial charge in [-0.25, -0.2) is 23.5 Å². The molecule has 0 spiro atoms. The maximum Gasteiger partial charge on any atom is 0.326 e. The van der Waals surface area contributed by atoms with Gasteiger partial charge in [0.25, 0.3) is 0 Å². The molecule has 0 aliphatic heterocycles. The molecule has 4 rings (SSSR count). The summed E-state index contributed by atoms with van der Waals surface area (Å²) in [5.41, 5.74) is 1.63.